The van der Waals surface area contributed by atoms with E-state index in [-0.39, 0.29) is 5.82 Å². The van der Waals surface area contributed by atoms with Crippen molar-refractivity contribution in [1.82, 2.24) is 5.32 Å². The Morgan fingerprint density at radius 2 is 2.11 bits per heavy atom. The largest absolute Gasteiger partial charge is 0.312 e. The second kappa shape index (κ2) is 6.45. The van der Waals surface area contributed by atoms with Crippen LogP contribution >= 0.6 is 27.3 Å². The maximum Gasteiger partial charge on any atom is 0.124 e. The van der Waals surface area contributed by atoms with Crippen LogP contribution in [0.25, 0.3) is 10.4 Å². The van der Waals surface area contributed by atoms with Crippen LogP contribution in [-0.4, -0.2) is 6.54 Å². The minimum atomic E-state index is -0.216. The van der Waals surface area contributed by atoms with Gasteiger partial charge < -0.3 is 5.32 Å². The number of benzene rings is 1. The van der Waals surface area contributed by atoms with Crippen molar-refractivity contribution in [2.45, 2.75) is 19.9 Å². The fourth-order valence-corrected chi connectivity index (χ4v) is 3.41. The standard InChI is InChI=1S/C14H15BrFNS/c1-2-7-17-9-11-4-6-14(18-11)12-5-3-10(16)8-13(12)15/h3-6,8,17H,2,7,9H2,1H3. The van der Waals surface area contributed by atoms with Gasteiger partial charge in [-0.1, -0.05) is 22.9 Å². The maximum absolute atomic E-state index is 13.0. The van der Waals surface area contributed by atoms with E-state index >= 15 is 0 Å². The fraction of sp³-hybridized carbons (Fsp3) is 0.286. The van der Waals surface area contributed by atoms with Gasteiger partial charge in [0.05, 0.1) is 0 Å². The third kappa shape index (κ3) is 3.40. The van der Waals surface area contributed by atoms with E-state index in [1.165, 1.54) is 17.0 Å². The summed E-state index contributed by atoms with van der Waals surface area (Å²) < 4.78 is 13.8. The van der Waals surface area contributed by atoms with Gasteiger partial charge >= 0.3 is 0 Å². The second-order valence-electron chi connectivity index (χ2n) is 4.07. The average Bonchev–Trinajstić information content (AvgIpc) is 2.78. The second-order valence-corrected chi connectivity index (χ2v) is 6.09. The van der Waals surface area contributed by atoms with Crippen molar-refractivity contribution in [3.63, 3.8) is 0 Å². The third-order valence-corrected chi connectivity index (χ3v) is 4.36. The van der Waals surface area contributed by atoms with Gasteiger partial charge in [-0.2, -0.15) is 0 Å². The summed E-state index contributed by atoms with van der Waals surface area (Å²) in [6, 6.07) is 9.03. The summed E-state index contributed by atoms with van der Waals surface area (Å²) in [5.41, 5.74) is 1.04. The molecule has 2 rings (SSSR count). The molecule has 1 nitrogen and oxygen atoms in total. The van der Waals surface area contributed by atoms with Crippen LogP contribution in [0.2, 0.25) is 0 Å². The summed E-state index contributed by atoms with van der Waals surface area (Å²) in [5, 5.41) is 3.38. The van der Waals surface area contributed by atoms with Gasteiger partial charge in [0.2, 0.25) is 0 Å². The average molecular weight is 328 g/mol. The first-order chi connectivity index (χ1) is 8.70. The van der Waals surface area contributed by atoms with Gasteiger partial charge in [0.25, 0.3) is 0 Å². The van der Waals surface area contributed by atoms with E-state index in [1.54, 1.807) is 11.3 Å². The zero-order chi connectivity index (χ0) is 13.0. The summed E-state index contributed by atoms with van der Waals surface area (Å²) >= 11 is 5.15. The molecule has 1 aromatic carbocycles. The number of halogens is 2. The molecule has 0 saturated heterocycles. The summed E-state index contributed by atoms with van der Waals surface area (Å²) in [6.45, 7) is 4.09. The molecule has 1 heterocycles. The molecule has 96 valence electrons. The Morgan fingerprint density at radius 3 is 2.83 bits per heavy atom. The van der Waals surface area contributed by atoms with Crippen LogP contribution in [0, 0.1) is 5.82 Å². The van der Waals surface area contributed by atoms with Gasteiger partial charge in [0.1, 0.15) is 5.82 Å². The molecule has 2 aromatic rings. The summed E-state index contributed by atoms with van der Waals surface area (Å²) in [7, 11) is 0. The molecule has 4 heteroatoms. The van der Waals surface area contributed by atoms with Crippen LogP contribution in [0.15, 0.2) is 34.8 Å². The molecule has 0 unspecified atom stereocenters. The summed E-state index contributed by atoms with van der Waals surface area (Å²) in [4.78, 5) is 2.46. The predicted octanol–water partition coefficient (Wildman–Crippen LogP) is 4.82. The molecule has 0 fully saturated rings. The van der Waals surface area contributed by atoms with Crippen molar-refractivity contribution in [3.8, 4) is 10.4 Å². The monoisotopic (exact) mass is 327 g/mol. The van der Waals surface area contributed by atoms with Crippen molar-refractivity contribution in [3.05, 3.63) is 45.5 Å². The van der Waals surface area contributed by atoms with E-state index in [0.717, 1.165) is 34.4 Å². The molecule has 1 aromatic heterocycles. The smallest absolute Gasteiger partial charge is 0.124 e. The zero-order valence-electron chi connectivity index (χ0n) is 10.2. The SMILES string of the molecule is CCCNCc1ccc(-c2ccc(F)cc2Br)s1. The Balaban J connectivity index is 2.13. The highest BCUT2D eigenvalue weighted by Crippen LogP contribution is 2.33. The lowest BCUT2D eigenvalue weighted by Crippen LogP contribution is -2.12. The van der Waals surface area contributed by atoms with Gasteiger partial charge in [-0.25, -0.2) is 4.39 Å². The number of nitrogens with one attached hydrogen (secondary N) is 1. The molecule has 1 N–H and O–H groups in total. The van der Waals surface area contributed by atoms with Crippen molar-refractivity contribution in [1.29, 1.82) is 0 Å². The highest BCUT2D eigenvalue weighted by atomic mass is 79.9. The lowest BCUT2D eigenvalue weighted by molar-refractivity contribution is 0.627. The van der Waals surface area contributed by atoms with E-state index in [9.17, 15) is 4.39 Å². The molecule has 0 aliphatic carbocycles. The van der Waals surface area contributed by atoms with Crippen molar-refractivity contribution < 1.29 is 4.39 Å². The molecule has 0 saturated carbocycles. The first-order valence-corrected chi connectivity index (χ1v) is 7.56. The summed E-state index contributed by atoms with van der Waals surface area (Å²) in [5.74, 6) is -0.216. The van der Waals surface area contributed by atoms with Crippen molar-refractivity contribution in [2.75, 3.05) is 6.54 Å². The molecular weight excluding hydrogens is 313 g/mol. The van der Waals surface area contributed by atoms with Crippen LogP contribution in [0.5, 0.6) is 0 Å². The minimum Gasteiger partial charge on any atom is -0.312 e. The lowest BCUT2D eigenvalue weighted by atomic mass is 10.2. The third-order valence-electron chi connectivity index (χ3n) is 2.58. The van der Waals surface area contributed by atoms with Crippen LogP contribution in [0.4, 0.5) is 4.39 Å². The molecule has 0 atom stereocenters. The van der Waals surface area contributed by atoms with Crippen LogP contribution in [0.1, 0.15) is 18.2 Å². The quantitative estimate of drug-likeness (QED) is 0.776. The molecule has 0 amide bonds. The summed E-state index contributed by atoms with van der Waals surface area (Å²) in [6.07, 6.45) is 1.14. The molecule has 0 spiro atoms. The predicted molar refractivity (Wildman–Crippen MR) is 79.4 cm³/mol. The Kier molecular flexibility index (Phi) is 4.92. The van der Waals surface area contributed by atoms with Gasteiger partial charge in [0.15, 0.2) is 0 Å². The normalized spacial score (nSPS) is 10.8. The molecule has 0 aliphatic heterocycles. The molecular formula is C14H15BrFNS. The Morgan fingerprint density at radius 1 is 1.28 bits per heavy atom. The van der Waals surface area contributed by atoms with E-state index in [1.807, 2.05) is 6.07 Å². The first kappa shape index (κ1) is 13.7. The highest BCUT2D eigenvalue weighted by molar-refractivity contribution is 9.10. The van der Waals surface area contributed by atoms with E-state index in [2.05, 4.69) is 40.3 Å². The zero-order valence-corrected chi connectivity index (χ0v) is 12.6. The number of thiophene rings is 1. The Labute approximate surface area is 119 Å². The van der Waals surface area contributed by atoms with Crippen LogP contribution in [0.3, 0.4) is 0 Å². The Hall–Kier alpha value is -0.710. The van der Waals surface area contributed by atoms with Crippen molar-refractivity contribution in [2.24, 2.45) is 0 Å². The van der Waals surface area contributed by atoms with Crippen LogP contribution < -0.4 is 5.32 Å². The topological polar surface area (TPSA) is 12.0 Å². The van der Waals surface area contributed by atoms with Gasteiger partial charge in [-0.15, -0.1) is 11.3 Å². The number of hydrogen-bond donors (Lipinski definition) is 1. The van der Waals surface area contributed by atoms with Gasteiger partial charge in [0, 0.05) is 26.3 Å². The molecule has 18 heavy (non-hydrogen) atoms. The first-order valence-electron chi connectivity index (χ1n) is 5.95. The van der Waals surface area contributed by atoms with E-state index in [4.69, 9.17) is 0 Å². The van der Waals surface area contributed by atoms with Crippen molar-refractivity contribution >= 4 is 27.3 Å². The highest BCUT2D eigenvalue weighted by Gasteiger charge is 2.07. The fourth-order valence-electron chi connectivity index (χ4n) is 1.70. The molecule has 0 bridgehead atoms. The maximum atomic E-state index is 13.0. The van der Waals surface area contributed by atoms with Crippen LogP contribution in [-0.2, 0) is 6.54 Å². The minimum absolute atomic E-state index is 0.216. The van der Waals surface area contributed by atoms with E-state index < -0.39 is 0 Å². The number of hydrogen-bond acceptors (Lipinski definition) is 2. The Bertz CT molecular complexity index is 524. The number of rotatable bonds is 5. The molecule has 0 aliphatic rings. The van der Waals surface area contributed by atoms with Gasteiger partial charge in [-0.05, 0) is 43.3 Å². The van der Waals surface area contributed by atoms with Gasteiger partial charge in [-0.3, -0.25) is 0 Å². The van der Waals surface area contributed by atoms with E-state index in [0.29, 0.717) is 0 Å². The molecule has 0 radical (unpaired) electrons. The lowest BCUT2D eigenvalue weighted by Gasteiger charge is -2.02.